The maximum Gasteiger partial charge on any atom is 1.00 e. The van der Waals surface area contributed by atoms with Crippen molar-refractivity contribution in [2.45, 2.75) is 0 Å². The number of carboxylic acid groups (broad SMARTS) is 1. The van der Waals surface area contributed by atoms with E-state index in [1.807, 2.05) is 0 Å². The molecule has 0 bridgehead atoms. The summed E-state index contributed by atoms with van der Waals surface area (Å²) in [5.74, 6) is -1.15. The SMILES string of the molecule is O=C(O)c1ncc(Cl)cc1-n1nccn1.[H-].[Na+]. The first-order valence-corrected chi connectivity index (χ1v) is 4.32. The smallest absolute Gasteiger partial charge is 1.00 e. The van der Waals surface area contributed by atoms with Crippen molar-refractivity contribution < 1.29 is 40.9 Å². The van der Waals surface area contributed by atoms with Crippen LogP contribution in [0, 0.1) is 0 Å². The van der Waals surface area contributed by atoms with Gasteiger partial charge in [0.15, 0.2) is 5.69 Å². The minimum atomic E-state index is -1.15. The van der Waals surface area contributed by atoms with Crippen LogP contribution in [0.2, 0.25) is 5.02 Å². The molecule has 0 aromatic carbocycles. The molecule has 0 fully saturated rings. The third kappa shape index (κ3) is 2.59. The van der Waals surface area contributed by atoms with Crippen LogP contribution in [0.1, 0.15) is 11.9 Å². The van der Waals surface area contributed by atoms with Gasteiger partial charge in [0, 0.05) is 6.20 Å². The number of hydrogen-bond donors (Lipinski definition) is 1. The van der Waals surface area contributed by atoms with E-state index in [0.29, 0.717) is 5.02 Å². The zero-order valence-corrected chi connectivity index (χ0v) is 11.1. The second kappa shape index (κ2) is 5.40. The first kappa shape index (κ1) is 13.1. The van der Waals surface area contributed by atoms with Gasteiger partial charge in [0.2, 0.25) is 0 Å². The molecule has 6 nitrogen and oxygen atoms in total. The fraction of sp³-hybridized carbons (Fsp3) is 0. The quantitative estimate of drug-likeness (QED) is 0.630. The van der Waals surface area contributed by atoms with Gasteiger partial charge >= 0.3 is 35.5 Å². The van der Waals surface area contributed by atoms with Crippen LogP contribution in [-0.2, 0) is 0 Å². The minimum Gasteiger partial charge on any atom is -1.00 e. The van der Waals surface area contributed by atoms with Crippen LogP contribution in [0.15, 0.2) is 24.7 Å². The minimum absolute atomic E-state index is 0. The number of aromatic nitrogens is 4. The molecule has 0 saturated carbocycles. The van der Waals surface area contributed by atoms with Gasteiger partial charge in [0.1, 0.15) is 5.69 Å². The van der Waals surface area contributed by atoms with Gasteiger partial charge in [0.05, 0.1) is 17.4 Å². The van der Waals surface area contributed by atoms with Crippen molar-refractivity contribution in [2.24, 2.45) is 0 Å². The molecule has 2 heterocycles. The van der Waals surface area contributed by atoms with Gasteiger partial charge in [-0.3, -0.25) is 0 Å². The fourth-order valence-corrected chi connectivity index (χ4v) is 1.24. The van der Waals surface area contributed by atoms with Gasteiger partial charge in [-0.15, -0.1) is 4.80 Å². The topological polar surface area (TPSA) is 80.9 Å². The Hall–Kier alpha value is -0.950. The Morgan fingerprint density at radius 1 is 1.44 bits per heavy atom. The summed E-state index contributed by atoms with van der Waals surface area (Å²) in [6.45, 7) is 0. The summed E-state index contributed by atoms with van der Waals surface area (Å²) >= 11 is 5.71. The standard InChI is InChI=1S/C8H5ClN4O2.Na.H/c9-5-3-6(13-11-1-2-12-13)7(8(14)15)10-4-5;;/h1-4H,(H,14,15);;/q;+1;-1. The van der Waals surface area contributed by atoms with Crippen molar-refractivity contribution in [3.8, 4) is 5.69 Å². The van der Waals surface area contributed by atoms with Gasteiger partial charge < -0.3 is 6.53 Å². The number of hydrogen-bond acceptors (Lipinski definition) is 4. The molecule has 0 atom stereocenters. The van der Waals surface area contributed by atoms with Crippen LogP contribution >= 0.6 is 11.6 Å². The Bertz CT molecular complexity index is 508. The van der Waals surface area contributed by atoms with Crippen LogP contribution in [0.25, 0.3) is 5.69 Å². The molecule has 8 heteroatoms. The van der Waals surface area contributed by atoms with E-state index >= 15 is 0 Å². The zero-order valence-electron chi connectivity index (χ0n) is 9.33. The third-order valence-corrected chi connectivity index (χ3v) is 1.88. The molecule has 0 aliphatic heterocycles. The van der Waals surface area contributed by atoms with Crippen molar-refractivity contribution in [1.29, 1.82) is 0 Å². The molecule has 0 unspecified atom stereocenters. The predicted octanol–water partition coefficient (Wildman–Crippen LogP) is -1.87. The molecular weight excluding hydrogens is 243 g/mol. The number of pyridine rings is 1. The van der Waals surface area contributed by atoms with Gasteiger partial charge in [-0.05, 0) is 6.07 Å². The van der Waals surface area contributed by atoms with E-state index in [1.165, 1.54) is 24.7 Å². The summed E-state index contributed by atoms with van der Waals surface area (Å²) < 4.78 is 0. The maximum absolute atomic E-state index is 10.9. The van der Waals surface area contributed by atoms with Gasteiger partial charge in [-0.1, -0.05) is 11.6 Å². The van der Waals surface area contributed by atoms with Gasteiger partial charge in [0.25, 0.3) is 0 Å². The van der Waals surface area contributed by atoms with E-state index in [-0.39, 0.29) is 42.4 Å². The maximum atomic E-state index is 10.9. The first-order valence-electron chi connectivity index (χ1n) is 3.94. The molecule has 0 aliphatic carbocycles. The normalized spacial score (nSPS) is 9.56. The van der Waals surface area contributed by atoms with Crippen LogP contribution < -0.4 is 29.6 Å². The summed E-state index contributed by atoms with van der Waals surface area (Å²) in [7, 11) is 0. The number of carboxylic acids is 1. The largest absolute Gasteiger partial charge is 1.00 e. The molecule has 16 heavy (non-hydrogen) atoms. The van der Waals surface area contributed by atoms with Crippen LogP contribution in [0.4, 0.5) is 0 Å². The molecule has 0 aliphatic rings. The molecule has 78 valence electrons. The fourth-order valence-electron chi connectivity index (χ4n) is 1.09. The average molecular weight is 249 g/mol. The van der Waals surface area contributed by atoms with Crippen LogP contribution in [0.5, 0.6) is 0 Å². The van der Waals surface area contributed by atoms with Crippen molar-refractivity contribution >= 4 is 17.6 Å². The Labute approximate surface area is 119 Å². The molecule has 0 radical (unpaired) electrons. The van der Waals surface area contributed by atoms with E-state index in [9.17, 15) is 4.79 Å². The Kier molecular flexibility index (Phi) is 4.43. The number of aromatic carboxylic acids is 1. The second-order valence-electron chi connectivity index (χ2n) is 2.64. The third-order valence-electron chi connectivity index (χ3n) is 1.67. The Morgan fingerprint density at radius 3 is 2.62 bits per heavy atom. The average Bonchev–Trinajstić information content (AvgIpc) is 2.69. The molecule has 1 N–H and O–H groups in total. The van der Waals surface area contributed by atoms with Crippen molar-refractivity contribution in [2.75, 3.05) is 0 Å². The summed E-state index contributed by atoms with van der Waals surface area (Å²) in [6, 6.07) is 1.44. The summed E-state index contributed by atoms with van der Waals surface area (Å²) in [6.07, 6.45) is 4.14. The molecule has 2 aromatic heterocycles. The van der Waals surface area contributed by atoms with E-state index in [0.717, 1.165) is 4.80 Å². The number of nitrogens with zero attached hydrogens (tertiary/aromatic N) is 4. The molecule has 0 saturated heterocycles. The summed E-state index contributed by atoms with van der Waals surface area (Å²) in [4.78, 5) is 15.7. The number of rotatable bonds is 2. The predicted molar refractivity (Wildman–Crippen MR) is 52.2 cm³/mol. The summed E-state index contributed by atoms with van der Waals surface area (Å²) in [5.41, 5.74) is 0.0931. The number of carbonyl (C=O) groups is 1. The van der Waals surface area contributed by atoms with Crippen LogP contribution in [0.3, 0.4) is 0 Å². The van der Waals surface area contributed by atoms with E-state index in [1.54, 1.807) is 0 Å². The molecule has 0 spiro atoms. The Morgan fingerprint density at radius 2 is 2.06 bits per heavy atom. The van der Waals surface area contributed by atoms with E-state index in [4.69, 9.17) is 16.7 Å². The van der Waals surface area contributed by atoms with E-state index < -0.39 is 5.97 Å². The van der Waals surface area contributed by atoms with Crippen molar-refractivity contribution in [1.82, 2.24) is 20.0 Å². The molecule has 2 rings (SSSR count). The van der Waals surface area contributed by atoms with Crippen molar-refractivity contribution in [3.63, 3.8) is 0 Å². The molecular formula is C8H6ClN4NaO2. The van der Waals surface area contributed by atoms with Crippen LogP contribution in [-0.4, -0.2) is 31.1 Å². The van der Waals surface area contributed by atoms with Gasteiger partial charge in [-0.2, -0.15) is 10.2 Å². The first-order chi connectivity index (χ1) is 7.18. The van der Waals surface area contributed by atoms with E-state index in [2.05, 4.69) is 15.2 Å². The zero-order chi connectivity index (χ0) is 10.8. The molecule has 2 aromatic rings. The van der Waals surface area contributed by atoms with Crippen molar-refractivity contribution in [3.05, 3.63) is 35.4 Å². The second-order valence-corrected chi connectivity index (χ2v) is 3.08. The number of halogens is 1. The van der Waals surface area contributed by atoms with Gasteiger partial charge in [-0.25, -0.2) is 9.78 Å². The molecule has 0 amide bonds. The summed E-state index contributed by atoms with van der Waals surface area (Å²) in [5, 5.41) is 16.8. The monoisotopic (exact) mass is 248 g/mol. The Balaban J connectivity index is 0.00000128.